The molecular weight excluding hydrogens is 308 g/mol. The minimum atomic E-state index is 0.552. The molecule has 2 aromatic rings. The van der Waals surface area contributed by atoms with Crippen LogP contribution in [-0.2, 0) is 12.8 Å². The van der Waals surface area contributed by atoms with Gasteiger partial charge in [-0.05, 0) is 6.07 Å². The fourth-order valence-corrected chi connectivity index (χ4v) is 2.50. The molecule has 1 saturated heterocycles. The van der Waals surface area contributed by atoms with Crippen LogP contribution in [0, 0.1) is 0 Å². The van der Waals surface area contributed by atoms with Gasteiger partial charge in [-0.15, -0.1) is 0 Å². The summed E-state index contributed by atoms with van der Waals surface area (Å²) in [6, 6.07) is 1.82. The summed E-state index contributed by atoms with van der Waals surface area (Å²) in [5.74, 6) is 2.65. The summed E-state index contributed by atoms with van der Waals surface area (Å²) in [4.78, 5) is 21.5. The average Bonchev–Trinajstić information content (AvgIpc) is 3.10. The zero-order chi connectivity index (χ0) is 16.8. The highest BCUT2D eigenvalue weighted by Gasteiger charge is 2.19. The molecule has 3 heterocycles. The van der Waals surface area contributed by atoms with Crippen LogP contribution in [-0.4, -0.2) is 63.7 Å². The highest BCUT2D eigenvalue weighted by molar-refractivity contribution is 5.78. The molecule has 0 amide bonds. The molecule has 0 bridgehead atoms. The summed E-state index contributed by atoms with van der Waals surface area (Å²) < 4.78 is 5.07. The molecule has 9 heteroatoms. The van der Waals surface area contributed by atoms with Crippen molar-refractivity contribution >= 4 is 11.9 Å². The Morgan fingerprint density at radius 3 is 2.67 bits per heavy atom. The van der Waals surface area contributed by atoms with E-state index in [1.54, 1.807) is 12.4 Å². The van der Waals surface area contributed by atoms with E-state index >= 15 is 0 Å². The lowest BCUT2D eigenvalue weighted by Gasteiger charge is -2.35. The van der Waals surface area contributed by atoms with Gasteiger partial charge < -0.3 is 20.1 Å². The van der Waals surface area contributed by atoms with Crippen LogP contribution in [0.5, 0.6) is 0 Å². The lowest BCUT2D eigenvalue weighted by Crippen LogP contribution is -2.51. The van der Waals surface area contributed by atoms with Crippen molar-refractivity contribution in [2.75, 3.05) is 37.6 Å². The molecule has 0 saturated carbocycles. The summed E-state index contributed by atoms with van der Waals surface area (Å²) in [6.07, 6.45) is 4.88. The van der Waals surface area contributed by atoms with Crippen molar-refractivity contribution in [2.45, 2.75) is 19.8 Å². The van der Waals surface area contributed by atoms with Crippen molar-refractivity contribution in [3.63, 3.8) is 0 Å². The first-order valence-electron chi connectivity index (χ1n) is 8.14. The molecule has 24 heavy (non-hydrogen) atoms. The van der Waals surface area contributed by atoms with E-state index in [4.69, 9.17) is 10.3 Å². The minimum absolute atomic E-state index is 0.552. The number of hydrogen-bond acceptors (Lipinski definition) is 7. The quantitative estimate of drug-likeness (QED) is 0.607. The summed E-state index contributed by atoms with van der Waals surface area (Å²) in [5.41, 5.74) is 6.09. The zero-order valence-corrected chi connectivity index (χ0v) is 13.8. The zero-order valence-electron chi connectivity index (χ0n) is 13.8. The third-order valence-electron chi connectivity index (χ3n) is 3.86. The van der Waals surface area contributed by atoms with Gasteiger partial charge in [-0.25, -0.2) is 9.97 Å². The molecule has 1 aliphatic heterocycles. The number of piperazine rings is 1. The Labute approximate surface area is 140 Å². The number of anilines is 1. The molecule has 1 fully saturated rings. The van der Waals surface area contributed by atoms with Gasteiger partial charge in [-0.3, -0.25) is 4.99 Å². The van der Waals surface area contributed by atoms with E-state index in [0.29, 0.717) is 30.6 Å². The monoisotopic (exact) mass is 330 g/mol. The molecule has 0 atom stereocenters. The van der Waals surface area contributed by atoms with Crippen molar-refractivity contribution in [3.8, 4) is 0 Å². The normalized spacial score (nSPS) is 15.8. The Morgan fingerprint density at radius 2 is 2.00 bits per heavy atom. The standard InChI is InChI=1S/C15H22N8O/c1-2-13-20-12(21-24-13)4-7-17-14(16)22-8-10-23(11-9-22)15-18-5-3-6-19-15/h3,5-6H,2,4,7-11H2,1H3,(H2,16,17). The van der Waals surface area contributed by atoms with E-state index in [9.17, 15) is 0 Å². The summed E-state index contributed by atoms with van der Waals surface area (Å²) in [7, 11) is 0. The van der Waals surface area contributed by atoms with Gasteiger partial charge in [0, 0.05) is 58.0 Å². The second-order valence-corrected chi connectivity index (χ2v) is 5.47. The van der Waals surface area contributed by atoms with Crippen molar-refractivity contribution in [3.05, 3.63) is 30.2 Å². The van der Waals surface area contributed by atoms with Crippen LogP contribution < -0.4 is 10.6 Å². The number of hydrogen-bond donors (Lipinski definition) is 1. The van der Waals surface area contributed by atoms with Crippen molar-refractivity contribution < 1.29 is 4.52 Å². The van der Waals surface area contributed by atoms with Gasteiger partial charge in [0.15, 0.2) is 11.8 Å². The maximum atomic E-state index is 6.09. The molecule has 0 spiro atoms. The van der Waals surface area contributed by atoms with Crippen LogP contribution >= 0.6 is 0 Å². The van der Waals surface area contributed by atoms with E-state index in [-0.39, 0.29) is 0 Å². The average molecular weight is 330 g/mol. The highest BCUT2D eigenvalue weighted by atomic mass is 16.5. The lowest BCUT2D eigenvalue weighted by molar-refractivity contribution is 0.375. The van der Waals surface area contributed by atoms with Gasteiger partial charge in [0.05, 0.1) is 0 Å². The molecule has 0 aromatic carbocycles. The Balaban J connectivity index is 1.46. The fourth-order valence-electron chi connectivity index (χ4n) is 2.50. The topological polar surface area (TPSA) is 110 Å². The van der Waals surface area contributed by atoms with Crippen LogP contribution in [0.25, 0.3) is 0 Å². The number of nitrogens with zero attached hydrogens (tertiary/aromatic N) is 7. The number of guanidine groups is 1. The van der Waals surface area contributed by atoms with E-state index in [1.807, 2.05) is 13.0 Å². The second-order valence-electron chi connectivity index (χ2n) is 5.47. The van der Waals surface area contributed by atoms with Crippen molar-refractivity contribution in [1.82, 2.24) is 25.0 Å². The van der Waals surface area contributed by atoms with Crippen LogP contribution in [0.15, 0.2) is 28.0 Å². The van der Waals surface area contributed by atoms with E-state index in [0.717, 1.165) is 38.5 Å². The molecule has 9 nitrogen and oxygen atoms in total. The first kappa shape index (κ1) is 16.2. The van der Waals surface area contributed by atoms with Gasteiger partial charge in [-0.1, -0.05) is 12.1 Å². The third-order valence-corrected chi connectivity index (χ3v) is 3.86. The predicted octanol–water partition coefficient (Wildman–Crippen LogP) is 0.101. The summed E-state index contributed by atoms with van der Waals surface area (Å²) in [5, 5.41) is 3.91. The van der Waals surface area contributed by atoms with E-state index in [1.165, 1.54) is 0 Å². The Hall–Kier alpha value is -2.71. The Bertz CT molecular complexity index is 663. The smallest absolute Gasteiger partial charge is 0.226 e. The number of aromatic nitrogens is 4. The van der Waals surface area contributed by atoms with Crippen LogP contribution in [0.2, 0.25) is 0 Å². The second kappa shape index (κ2) is 7.71. The highest BCUT2D eigenvalue weighted by Crippen LogP contribution is 2.09. The Morgan fingerprint density at radius 1 is 1.25 bits per heavy atom. The minimum Gasteiger partial charge on any atom is -0.370 e. The molecule has 128 valence electrons. The van der Waals surface area contributed by atoms with Gasteiger partial charge in [0.25, 0.3) is 0 Å². The van der Waals surface area contributed by atoms with Gasteiger partial charge >= 0.3 is 0 Å². The third kappa shape index (κ3) is 3.98. The maximum Gasteiger partial charge on any atom is 0.226 e. The SMILES string of the molecule is CCc1nc(CCN=C(N)N2CCN(c3ncccn3)CC2)no1. The number of rotatable bonds is 5. The van der Waals surface area contributed by atoms with Crippen LogP contribution in [0.1, 0.15) is 18.6 Å². The molecule has 2 aromatic heterocycles. The molecule has 2 N–H and O–H groups in total. The molecule has 0 radical (unpaired) electrons. The molecule has 0 aliphatic carbocycles. The first-order chi connectivity index (χ1) is 11.8. The predicted molar refractivity (Wildman–Crippen MR) is 89.7 cm³/mol. The van der Waals surface area contributed by atoms with Crippen LogP contribution in [0.3, 0.4) is 0 Å². The van der Waals surface area contributed by atoms with Crippen LogP contribution in [0.4, 0.5) is 5.95 Å². The number of nitrogens with two attached hydrogens (primary N) is 1. The molecule has 1 aliphatic rings. The fraction of sp³-hybridized carbons (Fsp3) is 0.533. The van der Waals surface area contributed by atoms with Gasteiger partial charge in [-0.2, -0.15) is 4.98 Å². The summed E-state index contributed by atoms with van der Waals surface area (Å²) >= 11 is 0. The lowest BCUT2D eigenvalue weighted by atomic mass is 10.3. The van der Waals surface area contributed by atoms with E-state index < -0.39 is 0 Å². The maximum absolute atomic E-state index is 6.09. The summed E-state index contributed by atoms with van der Waals surface area (Å²) in [6.45, 7) is 5.78. The number of aliphatic imine (C=N–C) groups is 1. The molecule has 0 unspecified atom stereocenters. The largest absolute Gasteiger partial charge is 0.370 e. The molecular formula is C15H22N8O. The first-order valence-corrected chi connectivity index (χ1v) is 8.14. The number of aryl methyl sites for hydroxylation is 1. The van der Waals surface area contributed by atoms with Crippen molar-refractivity contribution in [1.29, 1.82) is 0 Å². The Kier molecular flexibility index (Phi) is 5.19. The van der Waals surface area contributed by atoms with Crippen molar-refractivity contribution in [2.24, 2.45) is 10.7 Å². The molecule has 3 rings (SSSR count). The van der Waals surface area contributed by atoms with E-state index in [2.05, 4.69) is 34.9 Å². The van der Waals surface area contributed by atoms with Gasteiger partial charge in [0.2, 0.25) is 11.8 Å². The van der Waals surface area contributed by atoms with Gasteiger partial charge in [0.1, 0.15) is 0 Å².